The first-order valence-electron chi connectivity index (χ1n) is 39.2. The second kappa shape index (κ2) is 32.1. The summed E-state index contributed by atoms with van der Waals surface area (Å²) >= 11 is 0. The minimum atomic E-state index is 0. The molecule has 0 radical (unpaired) electrons. The van der Waals surface area contributed by atoms with Crippen LogP contribution in [0.3, 0.4) is 0 Å². The number of nitrogens with zero attached hydrogens (tertiary/aromatic N) is 4. The Labute approximate surface area is 694 Å². The number of furan rings is 1. The second-order valence-corrected chi connectivity index (χ2v) is 29.4. The fraction of sp³-hybridized carbons (Fsp3) is 0.00901. The SMILES string of the molecule is Cc1ccc2c(n1)oc1c(-c3ccc(-c4ccccc4-c4cc(-c5ccccc5-c5ccc(-c6[c-]ccc(-c7cccc(-c8cc(-c9ccccc9)cc(-c9ccccc9)c8)c7)c6)nc5)cc(-c5ccccc5-c5ccc(-c6[c-]ccc(-c7cccc(-c8cc(-c9ccccc9)cc(-c9ccccc9)c8)c7)c6)nc5)c4)cn3)[c-]ccc12.[Ir+3]. The number of benzene rings is 15. The molecule has 0 amide bonds. The van der Waals surface area contributed by atoms with Gasteiger partial charge in [-0.1, -0.05) is 278 Å². The Balaban J connectivity index is 0.00000911. The molecule has 20 aromatic rings. The molecule has 117 heavy (non-hydrogen) atoms. The molecule has 20 rings (SSSR count). The normalized spacial score (nSPS) is 11.2. The maximum Gasteiger partial charge on any atom is 3.00 e. The van der Waals surface area contributed by atoms with Crippen LogP contribution in [0.2, 0.25) is 0 Å². The Morgan fingerprint density at radius 3 is 0.889 bits per heavy atom. The summed E-state index contributed by atoms with van der Waals surface area (Å²) in [6.45, 7) is 1.98. The fourth-order valence-electron chi connectivity index (χ4n) is 16.2. The van der Waals surface area contributed by atoms with Crippen molar-refractivity contribution in [2.75, 3.05) is 0 Å². The zero-order chi connectivity index (χ0) is 77.3. The molecule has 15 aromatic carbocycles. The molecule has 0 spiro atoms. The van der Waals surface area contributed by atoms with Crippen molar-refractivity contribution in [3.63, 3.8) is 0 Å². The summed E-state index contributed by atoms with van der Waals surface area (Å²) in [7, 11) is 0. The van der Waals surface area contributed by atoms with Crippen LogP contribution in [0.4, 0.5) is 0 Å². The summed E-state index contributed by atoms with van der Waals surface area (Å²) in [6.07, 6.45) is 5.98. The molecule has 0 fully saturated rings. The Hall–Kier alpha value is -14.7. The number of rotatable bonds is 17. The van der Waals surface area contributed by atoms with Gasteiger partial charge in [-0.2, -0.15) is 0 Å². The molecule has 5 nitrogen and oxygen atoms in total. The van der Waals surface area contributed by atoms with Crippen LogP contribution in [0, 0.1) is 25.1 Å². The van der Waals surface area contributed by atoms with Gasteiger partial charge in [0.15, 0.2) is 0 Å². The van der Waals surface area contributed by atoms with Crippen molar-refractivity contribution in [2.45, 2.75) is 6.92 Å². The van der Waals surface area contributed by atoms with E-state index in [1.54, 1.807) is 0 Å². The largest absolute Gasteiger partial charge is 3.00 e. The van der Waals surface area contributed by atoms with Crippen LogP contribution in [0.1, 0.15) is 5.69 Å². The average Bonchev–Trinajstić information content (AvgIpc) is 1.57. The molecule has 0 saturated carbocycles. The van der Waals surface area contributed by atoms with Gasteiger partial charge in [0.25, 0.3) is 0 Å². The van der Waals surface area contributed by atoms with Crippen molar-refractivity contribution in [1.29, 1.82) is 0 Å². The van der Waals surface area contributed by atoms with Crippen LogP contribution >= 0.6 is 0 Å². The predicted octanol–water partition coefficient (Wildman–Crippen LogP) is 29.2. The molecule has 0 atom stereocenters. The number of aryl methyl sites for hydroxylation is 1. The molecule has 6 heteroatoms. The van der Waals surface area contributed by atoms with Gasteiger partial charge in [-0.05, 0) is 248 Å². The summed E-state index contributed by atoms with van der Waals surface area (Å²) in [5.74, 6) is 0. The van der Waals surface area contributed by atoms with E-state index in [1.165, 1.54) is 44.5 Å². The van der Waals surface area contributed by atoms with E-state index < -0.39 is 0 Å². The summed E-state index contributed by atoms with van der Waals surface area (Å²) in [5, 5.41) is 1.95. The van der Waals surface area contributed by atoms with Gasteiger partial charge in [0.05, 0.1) is 5.58 Å². The topological polar surface area (TPSA) is 64.7 Å². The maximum atomic E-state index is 6.44. The zero-order valence-corrected chi connectivity index (χ0v) is 66.2. The molecular formula is C111H71IrN4O. The predicted molar refractivity (Wildman–Crippen MR) is 479 cm³/mol. The van der Waals surface area contributed by atoms with E-state index in [0.29, 0.717) is 11.3 Å². The van der Waals surface area contributed by atoms with Crippen LogP contribution in [-0.4, -0.2) is 19.9 Å². The third kappa shape index (κ3) is 14.9. The first-order chi connectivity index (χ1) is 57.3. The van der Waals surface area contributed by atoms with E-state index in [0.717, 1.165) is 162 Å². The van der Waals surface area contributed by atoms with Crippen LogP contribution in [0.15, 0.2) is 417 Å². The Kier molecular flexibility index (Phi) is 19.9. The molecule has 0 aliphatic carbocycles. The molecule has 5 heterocycles. The summed E-state index contributed by atoms with van der Waals surface area (Å²) in [5.41, 5.74) is 38.1. The molecule has 0 aliphatic rings. The molecule has 0 bridgehead atoms. The summed E-state index contributed by atoms with van der Waals surface area (Å²) < 4.78 is 6.44. The van der Waals surface area contributed by atoms with Gasteiger partial charge in [-0.25, -0.2) is 4.98 Å². The van der Waals surface area contributed by atoms with Gasteiger partial charge in [0, 0.05) is 29.7 Å². The molecule has 0 aliphatic heterocycles. The number of pyridine rings is 4. The van der Waals surface area contributed by atoms with E-state index in [4.69, 9.17) is 24.4 Å². The summed E-state index contributed by atoms with van der Waals surface area (Å²) in [4.78, 5) is 20.3. The van der Waals surface area contributed by atoms with Crippen molar-refractivity contribution in [3.8, 4) is 190 Å². The Bertz CT molecular complexity index is 6610. The Morgan fingerprint density at radius 1 is 0.222 bits per heavy atom. The minimum absolute atomic E-state index is 0. The van der Waals surface area contributed by atoms with E-state index in [2.05, 4.69) is 382 Å². The van der Waals surface area contributed by atoms with Gasteiger partial charge in [-0.15, -0.1) is 89.0 Å². The number of fused-ring (bicyclic) bond motifs is 3. The molecule has 550 valence electrons. The summed E-state index contributed by atoms with van der Waals surface area (Å²) in [6, 6.07) is 151. The van der Waals surface area contributed by atoms with Gasteiger partial charge in [0.1, 0.15) is 0 Å². The van der Waals surface area contributed by atoms with Crippen molar-refractivity contribution < 1.29 is 24.5 Å². The van der Waals surface area contributed by atoms with Crippen molar-refractivity contribution >= 4 is 22.1 Å². The second-order valence-electron chi connectivity index (χ2n) is 29.4. The zero-order valence-electron chi connectivity index (χ0n) is 63.8. The third-order valence-corrected chi connectivity index (χ3v) is 22.1. The van der Waals surface area contributed by atoms with E-state index in [1.807, 2.05) is 55.8 Å². The van der Waals surface area contributed by atoms with E-state index >= 15 is 0 Å². The maximum absolute atomic E-state index is 6.44. The number of hydrogen-bond donors (Lipinski definition) is 0. The van der Waals surface area contributed by atoms with Gasteiger partial charge in [0.2, 0.25) is 5.71 Å². The smallest absolute Gasteiger partial charge is 0.486 e. The fourth-order valence-corrected chi connectivity index (χ4v) is 16.2. The molecule has 5 aromatic heterocycles. The third-order valence-electron chi connectivity index (χ3n) is 22.1. The van der Waals surface area contributed by atoms with E-state index in [-0.39, 0.29) is 20.1 Å². The van der Waals surface area contributed by atoms with Crippen LogP contribution in [0.25, 0.3) is 212 Å². The first kappa shape index (κ1) is 72.6. The standard InChI is InChI=1S/C111H71N4O.Ir/c1-73-49-53-105-104-47-24-48-106(110(104)116-111(105)115-73)109-56-52-88(72-114-109)100-43-16-19-46-103(100)97-68-95(101-44-17-14-41-98(101)86-50-54-107(112-70-86)84-39-22-35-80(59-84)78-33-20-37-82(57-78)93-63-89(74-25-6-2-7-26-74)61-90(64-93)75-27-8-3-9-28-75)67-96(69-97)102-45-18-15-42-99(102)87-51-55-108(113-71-87)85-40-23-36-81(60-85)79-34-21-38-83(58-79)94-65-91(76-29-10-4-11-30-76)62-92(66-94)77-31-12-5-13-32-77;/h2-38,41-47,49-72H,1H3;/q-3;+3. The molecule has 0 unspecified atom stereocenters. The molecular weight excluding hydrogens is 1600 g/mol. The van der Waals surface area contributed by atoms with Crippen LogP contribution in [-0.2, 0) is 20.1 Å². The quantitative estimate of drug-likeness (QED) is 0.0850. The van der Waals surface area contributed by atoms with Crippen molar-refractivity contribution in [1.82, 2.24) is 19.9 Å². The Morgan fingerprint density at radius 2 is 0.521 bits per heavy atom. The number of aromatic nitrogens is 4. The molecule has 0 N–H and O–H groups in total. The minimum Gasteiger partial charge on any atom is -0.486 e. The first-order valence-corrected chi connectivity index (χ1v) is 39.2. The van der Waals surface area contributed by atoms with Crippen molar-refractivity contribution in [2.24, 2.45) is 0 Å². The monoisotopic (exact) mass is 1670 g/mol. The average molecular weight is 1670 g/mol. The van der Waals surface area contributed by atoms with Gasteiger partial charge >= 0.3 is 20.1 Å². The molecule has 0 saturated heterocycles. The van der Waals surface area contributed by atoms with Crippen molar-refractivity contribution in [3.05, 3.63) is 437 Å². The number of hydrogen-bond acceptors (Lipinski definition) is 5. The van der Waals surface area contributed by atoms with E-state index in [9.17, 15) is 0 Å². The van der Waals surface area contributed by atoms with Gasteiger partial charge in [-0.3, -0.25) is 0 Å². The van der Waals surface area contributed by atoms with Gasteiger partial charge < -0.3 is 19.4 Å². The van der Waals surface area contributed by atoms with Crippen LogP contribution < -0.4 is 0 Å². The van der Waals surface area contributed by atoms with Crippen LogP contribution in [0.5, 0.6) is 0 Å².